The molecule has 0 bridgehead atoms. The van der Waals surface area contributed by atoms with Crippen LogP contribution in [-0.2, 0) is 11.3 Å². The van der Waals surface area contributed by atoms with Crippen molar-refractivity contribution < 1.29 is 9.53 Å². The Morgan fingerprint density at radius 1 is 1.00 bits per heavy atom. The molecule has 4 rings (SSSR count). The van der Waals surface area contributed by atoms with E-state index in [1.165, 1.54) is 5.56 Å². The van der Waals surface area contributed by atoms with Gasteiger partial charge in [0.15, 0.2) is 0 Å². The highest BCUT2D eigenvalue weighted by Gasteiger charge is 2.24. The Kier molecular flexibility index (Phi) is 6.68. The quantitative estimate of drug-likeness (QED) is 0.693. The fourth-order valence-corrected chi connectivity index (χ4v) is 4.96. The van der Waals surface area contributed by atoms with Crippen molar-refractivity contribution in [2.45, 2.75) is 30.4 Å². The molecule has 28 heavy (non-hydrogen) atoms. The Morgan fingerprint density at radius 3 is 2.50 bits per heavy atom. The van der Waals surface area contributed by atoms with Crippen LogP contribution in [0.2, 0.25) is 0 Å². The number of hydrogen-bond acceptors (Lipinski definition) is 4. The third-order valence-corrected chi connectivity index (χ3v) is 6.68. The molecular weight excluding hydrogens is 368 g/mol. The van der Waals surface area contributed by atoms with Crippen LogP contribution in [-0.4, -0.2) is 60.3 Å². The molecule has 0 aromatic heterocycles. The summed E-state index contributed by atoms with van der Waals surface area (Å²) in [6, 6.07) is 18.6. The molecule has 1 amide bonds. The Balaban J connectivity index is 1.33. The lowest BCUT2D eigenvalue weighted by molar-refractivity contribution is 0.0625. The van der Waals surface area contributed by atoms with E-state index in [-0.39, 0.29) is 5.91 Å². The Bertz CT molecular complexity index is 769. The van der Waals surface area contributed by atoms with Crippen LogP contribution < -0.4 is 0 Å². The van der Waals surface area contributed by atoms with Crippen LogP contribution in [0.15, 0.2) is 59.5 Å². The van der Waals surface area contributed by atoms with Gasteiger partial charge in [0.25, 0.3) is 5.91 Å². The molecule has 2 saturated heterocycles. The van der Waals surface area contributed by atoms with E-state index in [1.807, 2.05) is 23.1 Å². The van der Waals surface area contributed by atoms with Gasteiger partial charge in [0.2, 0.25) is 0 Å². The van der Waals surface area contributed by atoms with Crippen molar-refractivity contribution >= 4 is 17.7 Å². The molecule has 2 heterocycles. The van der Waals surface area contributed by atoms with Crippen LogP contribution in [0.3, 0.4) is 0 Å². The highest BCUT2D eigenvalue weighted by atomic mass is 32.2. The van der Waals surface area contributed by atoms with Crippen LogP contribution in [0, 0.1) is 0 Å². The van der Waals surface area contributed by atoms with E-state index in [9.17, 15) is 4.79 Å². The second-order valence-electron chi connectivity index (χ2n) is 7.50. The Hall–Kier alpha value is -1.82. The number of carbonyl (C=O) groups is 1. The minimum atomic E-state index is 0.162. The predicted octanol–water partition coefficient (Wildman–Crippen LogP) is 3.92. The first kappa shape index (κ1) is 19.5. The first-order valence-electron chi connectivity index (χ1n) is 10.2. The zero-order chi connectivity index (χ0) is 19.2. The first-order chi connectivity index (χ1) is 13.8. The van der Waals surface area contributed by atoms with Gasteiger partial charge >= 0.3 is 0 Å². The normalized spacial score (nSPS) is 20.4. The van der Waals surface area contributed by atoms with Gasteiger partial charge in [-0.05, 0) is 30.5 Å². The zero-order valence-corrected chi connectivity index (χ0v) is 17.1. The molecule has 5 heteroatoms. The lowest BCUT2D eigenvalue weighted by Crippen LogP contribution is -2.48. The molecule has 2 aliphatic rings. The number of nitrogens with zero attached hydrogens (tertiary/aromatic N) is 2. The molecule has 0 spiro atoms. The fraction of sp³-hybridized carbons (Fsp3) is 0.435. The van der Waals surface area contributed by atoms with Crippen molar-refractivity contribution in [2.75, 3.05) is 38.5 Å². The molecular formula is C23H28N2O2S. The van der Waals surface area contributed by atoms with Crippen molar-refractivity contribution in [2.24, 2.45) is 0 Å². The van der Waals surface area contributed by atoms with E-state index in [0.717, 1.165) is 68.4 Å². The smallest absolute Gasteiger partial charge is 0.255 e. The number of amides is 1. The van der Waals surface area contributed by atoms with E-state index in [0.29, 0.717) is 6.10 Å². The average molecular weight is 397 g/mol. The number of rotatable bonds is 6. The van der Waals surface area contributed by atoms with Gasteiger partial charge in [0.1, 0.15) is 0 Å². The van der Waals surface area contributed by atoms with Crippen LogP contribution in [0.4, 0.5) is 0 Å². The minimum Gasteiger partial charge on any atom is -0.377 e. The van der Waals surface area contributed by atoms with Gasteiger partial charge in [-0.25, -0.2) is 0 Å². The van der Waals surface area contributed by atoms with Gasteiger partial charge in [-0.1, -0.05) is 42.5 Å². The SMILES string of the molecule is O=C(c1ccccc1SCC1CCCO1)N1CCN(Cc2ccccc2)CC1. The van der Waals surface area contributed by atoms with Crippen molar-refractivity contribution in [1.29, 1.82) is 0 Å². The Labute approximate surface area is 171 Å². The molecule has 2 aliphatic heterocycles. The lowest BCUT2D eigenvalue weighted by Gasteiger charge is -2.35. The van der Waals surface area contributed by atoms with E-state index < -0.39 is 0 Å². The number of ether oxygens (including phenoxy) is 1. The van der Waals surface area contributed by atoms with E-state index in [1.54, 1.807) is 11.8 Å². The summed E-state index contributed by atoms with van der Waals surface area (Å²) in [4.78, 5) is 18.7. The van der Waals surface area contributed by atoms with Crippen LogP contribution >= 0.6 is 11.8 Å². The third-order valence-electron chi connectivity index (χ3n) is 5.47. The number of benzene rings is 2. The summed E-state index contributed by atoms with van der Waals surface area (Å²) in [6.07, 6.45) is 2.61. The highest BCUT2D eigenvalue weighted by molar-refractivity contribution is 7.99. The van der Waals surface area contributed by atoms with Crippen molar-refractivity contribution in [3.63, 3.8) is 0 Å². The summed E-state index contributed by atoms with van der Waals surface area (Å²) in [5, 5.41) is 0. The highest BCUT2D eigenvalue weighted by Crippen LogP contribution is 2.28. The van der Waals surface area contributed by atoms with Gasteiger partial charge in [-0.15, -0.1) is 11.8 Å². The second-order valence-corrected chi connectivity index (χ2v) is 8.56. The summed E-state index contributed by atoms with van der Waals surface area (Å²) >= 11 is 1.76. The first-order valence-corrected chi connectivity index (χ1v) is 11.2. The van der Waals surface area contributed by atoms with Crippen molar-refractivity contribution in [1.82, 2.24) is 9.80 Å². The average Bonchev–Trinajstić information content (AvgIpc) is 3.27. The molecule has 2 aromatic rings. The molecule has 1 atom stereocenters. The zero-order valence-electron chi connectivity index (χ0n) is 16.3. The van der Waals surface area contributed by atoms with E-state index >= 15 is 0 Å². The number of carbonyl (C=O) groups excluding carboxylic acids is 1. The Morgan fingerprint density at radius 2 is 1.75 bits per heavy atom. The summed E-state index contributed by atoms with van der Waals surface area (Å²) in [5.74, 6) is 1.09. The maximum Gasteiger partial charge on any atom is 0.255 e. The molecule has 2 aromatic carbocycles. The molecule has 2 fully saturated rings. The van der Waals surface area contributed by atoms with Crippen molar-refractivity contribution in [3.05, 3.63) is 65.7 Å². The molecule has 0 radical (unpaired) electrons. The maximum atomic E-state index is 13.1. The molecule has 4 nitrogen and oxygen atoms in total. The van der Waals surface area contributed by atoms with E-state index in [2.05, 4.69) is 41.3 Å². The number of piperazine rings is 1. The second kappa shape index (κ2) is 9.59. The summed E-state index contributed by atoms with van der Waals surface area (Å²) in [6.45, 7) is 5.25. The van der Waals surface area contributed by atoms with E-state index in [4.69, 9.17) is 4.74 Å². The third kappa shape index (κ3) is 4.96. The topological polar surface area (TPSA) is 32.8 Å². The fourth-order valence-electron chi connectivity index (χ4n) is 3.85. The van der Waals surface area contributed by atoms with Gasteiger partial charge in [-0.2, -0.15) is 0 Å². The van der Waals surface area contributed by atoms with Crippen molar-refractivity contribution in [3.8, 4) is 0 Å². The van der Waals surface area contributed by atoms with Crippen LogP contribution in [0.5, 0.6) is 0 Å². The largest absolute Gasteiger partial charge is 0.377 e. The van der Waals surface area contributed by atoms with Gasteiger partial charge in [0, 0.05) is 50.0 Å². The molecule has 1 unspecified atom stereocenters. The van der Waals surface area contributed by atoms with Gasteiger partial charge < -0.3 is 9.64 Å². The summed E-state index contributed by atoms with van der Waals surface area (Å²) in [7, 11) is 0. The van der Waals surface area contributed by atoms with Crippen LogP contribution in [0.25, 0.3) is 0 Å². The summed E-state index contributed by atoms with van der Waals surface area (Å²) < 4.78 is 5.73. The van der Waals surface area contributed by atoms with Gasteiger partial charge in [0.05, 0.1) is 11.7 Å². The predicted molar refractivity (Wildman–Crippen MR) is 114 cm³/mol. The van der Waals surface area contributed by atoms with Gasteiger partial charge in [-0.3, -0.25) is 9.69 Å². The summed E-state index contributed by atoms with van der Waals surface area (Å²) in [5.41, 5.74) is 2.17. The maximum absolute atomic E-state index is 13.1. The monoisotopic (exact) mass is 396 g/mol. The molecule has 0 saturated carbocycles. The standard InChI is InChI=1S/C23H28N2O2S/c26-23(21-10-4-5-11-22(21)28-18-20-9-6-16-27-20)25-14-12-24(13-15-25)17-19-7-2-1-3-8-19/h1-5,7-8,10-11,20H,6,9,12-18H2. The molecule has 148 valence electrons. The number of thioether (sulfide) groups is 1. The number of hydrogen-bond donors (Lipinski definition) is 0. The minimum absolute atomic E-state index is 0.162. The molecule has 0 N–H and O–H groups in total. The lowest BCUT2D eigenvalue weighted by atomic mass is 10.1. The van der Waals surface area contributed by atoms with Crippen LogP contribution in [0.1, 0.15) is 28.8 Å². The molecule has 0 aliphatic carbocycles.